The summed E-state index contributed by atoms with van der Waals surface area (Å²) in [5.41, 5.74) is 0. The van der Waals surface area contributed by atoms with Crippen LogP contribution in [0.4, 0.5) is 0 Å². The zero-order chi connectivity index (χ0) is 17.3. The van der Waals surface area contributed by atoms with E-state index in [1.807, 2.05) is 0 Å². The summed E-state index contributed by atoms with van der Waals surface area (Å²) in [5, 5.41) is 0. The highest BCUT2D eigenvalue weighted by atomic mass is 16.8. The number of rotatable bonds is 4. The first kappa shape index (κ1) is 16.4. The largest absolute Gasteiger partial charge is 0.381 e. The number of carbonyl (C=O) groups excluding carboxylic acids is 1. The van der Waals surface area contributed by atoms with Gasteiger partial charge in [-0.3, -0.25) is 4.79 Å². The summed E-state index contributed by atoms with van der Waals surface area (Å²) in [6.45, 7) is 1.50. The van der Waals surface area contributed by atoms with Crippen LogP contribution in [-0.4, -0.2) is 74.1 Å². The van der Waals surface area contributed by atoms with Gasteiger partial charge in [0.25, 0.3) is 0 Å². The Hall–Kier alpha value is -0.570. The van der Waals surface area contributed by atoms with Crippen LogP contribution in [0.2, 0.25) is 0 Å². The average Bonchev–Trinajstić information content (AvgIpc) is 3.26. The smallest absolute Gasteiger partial charge is 0.161 e. The van der Waals surface area contributed by atoms with Crippen molar-refractivity contribution in [1.29, 1.82) is 0 Å². The quantitative estimate of drug-likeness (QED) is 0.734. The minimum Gasteiger partial charge on any atom is -0.381 e. The summed E-state index contributed by atoms with van der Waals surface area (Å²) < 4.78 is 36.4. The van der Waals surface area contributed by atoms with Gasteiger partial charge in [-0.1, -0.05) is 0 Å². The van der Waals surface area contributed by atoms with Gasteiger partial charge in [-0.25, -0.2) is 0 Å². The van der Waals surface area contributed by atoms with E-state index in [0.717, 1.165) is 38.9 Å². The van der Waals surface area contributed by atoms with Crippen LogP contribution in [0, 0.1) is 5.92 Å². The lowest BCUT2D eigenvalue weighted by Gasteiger charge is -2.46. The fourth-order valence-corrected chi connectivity index (χ4v) is 5.64. The number of hydrogen-bond donors (Lipinski definition) is 0. The second-order valence-corrected chi connectivity index (χ2v) is 8.62. The van der Waals surface area contributed by atoms with E-state index in [2.05, 4.69) is 0 Å². The van der Waals surface area contributed by atoms with Crippen molar-refractivity contribution in [2.45, 2.75) is 93.6 Å². The van der Waals surface area contributed by atoms with Crippen LogP contribution < -0.4 is 0 Å². The summed E-state index contributed by atoms with van der Waals surface area (Å²) in [6, 6.07) is 0. The summed E-state index contributed by atoms with van der Waals surface area (Å²) in [6.07, 6.45) is 4.01. The van der Waals surface area contributed by atoms with Crippen LogP contribution in [0.5, 0.6) is 0 Å². The molecule has 0 aromatic rings. The number of carbonyl (C=O) groups is 1. The molecule has 7 aliphatic heterocycles. The first-order chi connectivity index (χ1) is 12.7. The Labute approximate surface area is 152 Å². The standard InChI is InChI=1S/C19H26O7/c20-10(5-9-3-4-21-8-9)6-11-1-2-12-15(22-11)18-19-17(23-12)16-13(24-19)7-14(25-16)26-18/h9,11-19H,1-8H2/t9?,11-,12?,13?,14?,15?,16+,17?,18?,19?/m1/s1. The van der Waals surface area contributed by atoms with Crippen molar-refractivity contribution in [2.75, 3.05) is 13.2 Å². The lowest BCUT2D eigenvalue weighted by molar-refractivity contribution is -0.264. The van der Waals surface area contributed by atoms with Crippen molar-refractivity contribution in [2.24, 2.45) is 5.92 Å². The molecular formula is C19H26O7. The number of hydrogen-bond acceptors (Lipinski definition) is 7. The molecule has 0 spiro atoms. The molecule has 0 saturated carbocycles. The predicted molar refractivity (Wildman–Crippen MR) is 86.5 cm³/mol. The van der Waals surface area contributed by atoms with Gasteiger partial charge < -0.3 is 28.4 Å². The third kappa shape index (κ3) is 2.59. The van der Waals surface area contributed by atoms with E-state index >= 15 is 0 Å². The van der Waals surface area contributed by atoms with E-state index in [9.17, 15) is 4.79 Å². The molecule has 10 atom stereocenters. The number of fused-ring (bicyclic) bond motifs is 1. The highest BCUT2D eigenvalue weighted by molar-refractivity contribution is 5.79. The molecule has 7 heterocycles. The number of ether oxygens (including phenoxy) is 6. The van der Waals surface area contributed by atoms with Crippen LogP contribution >= 0.6 is 0 Å². The van der Waals surface area contributed by atoms with Crippen LogP contribution in [-0.2, 0) is 33.2 Å². The topological polar surface area (TPSA) is 72.5 Å². The first-order valence-corrected chi connectivity index (χ1v) is 10.1. The lowest BCUT2D eigenvalue weighted by Crippen LogP contribution is -2.61. The third-order valence-electron chi connectivity index (χ3n) is 6.85. The minimum absolute atomic E-state index is 0.00359. The Balaban J connectivity index is 1.13. The highest BCUT2D eigenvalue weighted by Crippen LogP contribution is 2.48. The van der Waals surface area contributed by atoms with Gasteiger partial charge in [0.05, 0.1) is 18.3 Å². The minimum atomic E-state index is -0.208. The summed E-state index contributed by atoms with van der Waals surface area (Å²) in [5.74, 6) is 0.665. The molecule has 0 aromatic heterocycles. The predicted octanol–water partition coefficient (Wildman–Crippen LogP) is 0.968. The Kier molecular flexibility index (Phi) is 3.92. The van der Waals surface area contributed by atoms with E-state index in [1.165, 1.54) is 0 Å². The zero-order valence-corrected chi connectivity index (χ0v) is 14.8. The van der Waals surface area contributed by atoms with E-state index in [-0.39, 0.29) is 60.9 Å². The average molecular weight is 366 g/mol. The van der Waals surface area contributed by atoms with Crippen LogP contribution in [0.3, 0.4) is 0 Å². The molecule has 7 saturated heterocycles. The SMILES string of the molecule is O=C(CC1CCOC1)C[C@H]1CCC2OC3C4OC5CC(OC4C2O1)O[C@@H]53. The lowest BCUT2D eigenvalue weighted by atomic mass is 9.87. The van der Waals surface area contributed by atoms with E-state index in [4.69, 9.17) is 28.4 Å². The maximum Gasteiger partial charge on any atom is 0.161 e. The molecule has 7 nitrogen and oxygen atoms in total. The maximum absolute atomic E-state index is 12.4. The molecule has 0 radical (unpaired) electrons. The first-order valence-electron chi connectivity index (χ1n) is 10.1. The van der Waals surface area contributed by atoms with Gasteiger partial charge in [0, 0.05) is 32.5 Å². The van der Waals surface area contributed by atoms with Crippen molar-refractivity contribution < 1.29 is 33.2 Å². The molecule has 26 heavy (non-hydrogen) atoms. The fourth-order valence-electron chi connectivity index (χ4n) is 5.64. The molecule has 144 valence electrons. The van der Waals surface area contributed by atoms with Crippen molar-refractivity contribution in [3.8, 4) is 0 Å². The molecular weight excluding hydrogens is 340 g/mol. The normalized spacial score (nSPS) is 54.3. The summed E-state index contributed by atoms with van der Waals surface area (Å²) in [7, 11) is 0. The molecule has 7 fully saturated rings. The Morgan fingerprint density at radius 1 is 0.769 bits per heavy atom. The third-order valence-corrected chi connectivity index (χ3v) is 6.85. The van der Waals surface area contributed by atoms with E-state index in [0.29, 0.717) is 18.8 Å². The molecule has 7 heteroatoms. The monoisotopic (exact) mass is 366 g/mol. The van der Waals surface area contributed by atoms with E-state index in [1.54, 1.807) is 0 Å². The Bertz CT molecular complexity index is 576. The molecule has 8 unspecified atom stereocenters. The second kappa shape index (κ2) is 6.22. The maximum atomic E-state index is 12.4. The molecule has 6 bridgehead atoms. The van der Waals surface area contributed by atoms with E-state index < -0.39 is 0 Å². The van der Waals surface area contributed by atoms with Crippen molar-refractivity contribution >= 4 is 5.78 Å². The van der Waals surface area contributed by atoms with Crippen LogP contribution in [0.1, 0.15) is 38.5 Å². The molecule has 7 rings (SSSR count). The fraction of sp³-hybridized carbons (Fsp3) is 0.947. The molecule has 0 amide bonds. The highest BCUT2D eigenvalue weighted by Gasteiger charge is 2.64. The number of Topliss-reactive ketones (excluding diaryl/α,β-unsaturated/α-hetero) is 1. The van der Waals surface area contributed by atoms with Gasteiger partial charge in [-0.2, -0.15) is 0 Å². The molecule has 0 N–H and O–H groups in total. The van der Waals surface area contributed by atoms with Gasteiger partial charge >= 0.3 is 0 Å². The van der Waals surface area contributed by atoms with Crippen LogP contribution in [0.25, 0.3) is 0 Å². The second-order valence-electron chi connectivity index (χ2n) is 8.62. The van der Waals surface area contributed by atoms with Crippen LogP contribution in [0.15, 0.2) is 0 Å². The Morgan fingerprint density at radius 2 is 1.54 bits per heavy atom. The van der Waals surface area contributed by atoms with Crippen molar-refractivity contribution in [1.82, 2.24) is 0 Å². The zero-order valence-electron chi connectivity index (χ0n) is 14.8. The molecule has 0 aliphatic carbocycles. The van der Waals surface area contributed by atoms with Gasteiger partial charge in [-0.15, -0.1) is 0 Å². The summed E-state index contributed by atoms with van der Waals surface area (Å²) in [4.78, 5) is 12.4. The van der Waals surface area contributed by atoms with Gasteiger partial charge in [-0.05, 0) is 25.2 Å². The van der Waals surface area contributed by atoms with Gasteiger partial charge in [0.1, 0.15) is 36.3 Å². The Morgan fingerprint density at radius 3 is 2.42 bits per heavy atom. The summed E-state index contributed by atoms with van der Waals surface area (Å²) >= 11 is 0. The number of ketones is 1. The molecule has 7 aliphatic rings. The van der Waals surface area contributed by atoms with Crippen molar-refractivity contribution in [3.05, 3.63) is 0 Å². The molecule has 0 aromatic carbocycles. The van der Waals surface area contributed by atoms with Gasteiger partial charge in [0.15, 0.2) is 6.29 Å². The van der Waals surface area contributed by atoms with Crippen molar-refractivity contribution in [3.63, 3.8) is 0 Å². The van der Waals surface area contributed by atoms with Gasteiger partial charge in [0.2, 0.25) is 0 Å².